The minimum absolute atomic E-state index is 0.0708. The number of thiophene rings is 1. The molecule has 1 atom stereocenters. The van der Waals surface area contributed by atoms with E-state index < -0.39 is 0 Å². The van der Waals surface area contributed by atoms with Crippen molar-refractivity contribution in [1.82, 2.24) is 14.9 Å². The maximum absolute atomic E-state index is 13.3. The molecule has 4 heterocycles. The van der Waals surface area contributed by atoms with Crippen molar-refractivity contribution in [2.45, 2.75) is 32.3 Å². The van der Waals surface area contributed by atoms with Gasteiger partial charge in [0.15, 0.2) is 0 Å². The van der Waals surface area contributed by atoms with Gasteiger partial charge in [0.1, 0.15) is 17.3 Å². The van der Waals surface area contributed by atoms with Gasteiger partial charge in [0.25, 0.3) is 5.91 Å². The Morgan fingerprint density at radius 3 is 2.50 bits per heavy atom. The zero-order valence-electron chi connectivity index (χ0n) is 21.6. The first kappa shape index (κ1) is 24.8. The summed E-state index contributed by atoms with van der Waals surface area (Å²) in [6.45, 7) is 6.13. The van der Waals surface area contributed by atoms with Crippen molar-refractivity contribution in [1.29, 1.82) is 0 Å². The summed E-state index contributed by atoms with van der Waals surface area (Å²) < 4.78 is 11.7. The van der Waals surface area contributed by atoms with Gasteiger partial charge in [-0.3, -0.25) is 4.79 Å². The molecule has 0 N–H and O–H groups in total. The van der Waals surface area contributed by atoms with Crippen LogP contribution in [0.2, 0.25) is 0 Å². The van der Waals surface area contributed by atoms with Crippen LogP contribution in [0.25, 0.3) is 21.3 Å². The summed E-state index contributed by atoms with van der Waals surface area (Å²) in [7, 11) is 0. The first-order valence-electron chi connectivity index (χ1n) is 13.4. The van der Waals surface area contributed by atoms with E-state index in [1.54, 1.807) is 11.3 Å². The Kier molecular flexibility index (Phi) is 7.25. The molecule has 0 aliphatic carbocycles. The normalized spacial score (nSPS) is 17.8. The molecule has 0 radical (unpaired) electrons. The number of ether oxygens (including phenoxy) is 2. The number of carbonyl (C=O) groups excluding carboxylic acids is 1. The molecule has 2 aromatic carbocycles. The Labute approximate surface area is 227 Å². The van der Waals surface area contributed by atoms with Crippen LogP contribution in [-0.4, -0.2) is 66.3 Å². The molecule has 2 saturated heterocycles. The molecule has 4 aromatic rings. The van der Waals surface area contributed by atoms with E-state index in [4.69, 9.17) is 19.4 Å². The predicted molar refractivity (Wildman–Crippen MR) is 151 cm³/mol. The van der Waals surface area contributed by atoms with Gasteiger partial charge < -0.3 is 19.3 Å². The zero-order chi connectivity index (χ0) is 25.9. The third-order valence-corrected chi connectivity index (χ3v) is 8.45. The highest BCUT2D eigenvalue weighted by Gasteiger charge is 2.26. The van der Waals surface area contributed by atoms with Crippen molar-refractivity contribution < 1.29 is 14.3 Å². The summed E-state index contributed by atoms with van der Waals surface area (Å²) in [5.41, 5.74) is 2.98. The molecule has 2 aromatic heterocycles. The highest BCUT2D eigenvalue weighted by atomic mass is 32.1. The minimum Gasteiger partial charge on any atom is -0.461 e. The van der Waals surface area contributed by atoms with Gasteiger partial charge in [0.05, 0.1) is 11.5 Å². The van der Waals surface area contributed by atoms with E-state index in [1.807, 2.05) is 47.4 Å². The topological polar surface area (TPSA) is 67.8 Å². The van der Waals surface area contributed by atoms with E-state index in [-0.39, 0.29) is 12.0 Å². The number of piperazine rings is 1. The van der Waals surface area contributed by atoms with Gasteiger partial charge in [0, 0.05) is 43.2 Å². The van der Waals surface area contributed by atoms with Crippen LogP contribution in [0.4, 0.5) is 5.82 Å². The van der Waals surface area contributed by atoms with Gasteiger partial charge in [-0.2, -0.15) is 9.97 Å². The van der Waals surface area contributed by atoms with E-state index in [2.05, 4.69) is 30.0 Å². The SMILES string of the molecule is CCc1cc2c(N3CCN(C(=O)c4ccc(-c5ccccc5)cc4)CC3)nc(OCC3CCCO3)nc2s1. The highest BCUT2D eigenvalue weighted by Crippen LogP contribution is 2.34. The van der Waals surface area contributed by atoms with Gasteiger partial charge in [-0.1, -0.05) is 49.4 Å². The Balaban J connectivity index is 1.15. The number of hydrogen-bond acceptors (Lipinski definition) is 7. The fourth-order valence-corrected chi connectivity index (χ4v) is 6.05. The molecule has 196 valence electrons. The van der Waals surface area contributed by atoms with Crippen molar-refractivity contribution in [3.8, 4) is 17.1 Å². The summed E-state index contributed by atoms with van der Waals surface area (Å²) in [4.78, 5) is 29.2. The standard InChI is InChI=1S/C30H32N4O3S/c1-2-25-19-26-27(31-30(32-28(26)38-25)37-20-24-9-6-18-36-24)33-14-16-34(17-15-33)29(35)23-12-10-22(11-13-23)21-7-4-3-5-8-21/h3-5,7-8,10-13,19,24H,2,6,9,14-18,20H2,1H3. The van der Waals surface area contributed by atoms with Gasteiger partial charge >= 0.3 is 6.01 Å². The highest BCUT2D eigenvalue weighted by molar-refractivity contribution is 7.18. The maximum Gasteiger partial charge on any atom is 0.319 e. The van der Waals surface area contributed by atoms with Crippen molar-refractivity contribution in [2.24, 2.45) is 0 Å². The number of amides is 1. The minimum atomic E-state index is 0.0708. The van der Waals surface area contributed by atoms with E-state index in [0.29, 0.717) is 38.8 Å². The molecule has 0 bridgehead atoms. The van der Waals surface area contributed by atoms with Crippen LogP contribution in [0.15, 0.2) is 60.7 Å². The van der Waals surface area contributed by atoms with E-state index >= 15 is 0 Å². The number of rotatable bonds is 7. The number of hydrogen-bond donors (Lipinski definition) is 0. The van der Waals surface area contributed by atoms with Crippen LogP contribution in [0.3, 0.4) is 0 Å². The van der Waals surface area contributed by atoms with E-state index in [0.717, 1.165) is 58.6 Å². The average Bonchev–Trinajstić information content (AvgIpc) is 3.66. The van der Waals surface area contributed by atoms with Gasteiger partial charge in [-0.05, 0) is 48.6 Å². The first-order valence-corrected chi connectivity index (χ1v) is 14.2. The van der Waals surface area contributed by atoms with E-state index in [9.17, 15) is 4.79 Å². The summed E-state index contributed by atoms with van der Waals surface area (Å²) in [5.74, 6) is 0.967. The number of aromatic nitrogens is 2. The third kappa shape index (κ3) is 5.24. The number of fused-ring (bicyclic) bond motifs is 1. The summed E-state index contributed by atoms with van der Waals surface area (Å²) in [5, 5.41) is 1.06. The number of carbonyl (C=O) groups is 1. The van der Waals surface area contributed by atoms with Crippen molar-refractivity contribution >= 4 is 33.3 Å². The second kappa shape index (κ2) is 11.1. The molecule has 0 saturated carbocycles. The fourth-order valence-electron chi connectivity index (χ4n) is 5.10. The van der Waals surface area contributed by atoms with Crippen LogP contribution >= 0.6 is 11.3 Å². The molecule has 1 amide bonds. The molecule has 2 aliphatic heterocycles. The first-order chi connectivity index (χ1) is 18.7. The second-order valence-electron chi connectivity index (χ2n) is 9.78. The Bertz CT molecular complexity index is 1390. The van der Waals surface area contributed by atoms with E-state index in [1.165, 1.54) is 4.88 Å². The number of aryl methyl sites for hydroxylation is 1. The van der Waals surface area contributed by atoms with Gasteiger partial charge in [0.2, 0.25) is 0 Å². The zero-order valence-corrected chi connectivity index (χ0v) is 22.5. The fraction of sp³-hybridized carbons (Fsp3) is 0.367. The summed E-state index contributed by atoms with van der Waals surface area (Å²) in [6, 6.07) is 20.7. The molecule has 2 aliphatic rings. The number of nitrogens with zero attached hydrogens (tertiary/aromatic N) is 4. The maximum atomic E-state index is 13.3. The van der Waals surface area contributed by atoms with Crippen LogP contribution in [0.1, 0.15) is 35.0 Å². The second-order valence-corrected chi connectivity index (χ2v) is 10.9. The molecule has 7 nitrogen and oxygen atoms in total. The van der Waals surface area contributed by atoms with Crippen LogP contribution < -0.4 is 9.64 Å². The predicted octanol–water partition coefficient (Wildman–Crippen LogP) is 5.44. The van der Waals surface area contributed by atoms with Crippen molar-refractivity contribution in [3.05, 3.63) is 71.1 Å². The largest absolute Gasteiger partial charge is 0.461 e. The molecular weight excluding hydrogens is 496 g/mol. The Morgan fingerprint density at radius 2 is 1.79 bits per heavy atom. The van der Waals surface area contributed by atoms with Crippen LogP contribution in [-0.2, 0) is 11.2 Å². The monoisotopic (exact) mass is 528 g/mol. The summed E-state index contributed by atoms with van der Waals surface area (Å²) >= 11 is 1.70. The lowest BCUT2D eigenvalue weighted by molar-refractivity contribution is 0.0647. The summed E-state index contributed by atoms with van der Waals surface area (Å²) in [6.07, 6.45) is 3.16. The Morgan fingerprint density at radius 1 is 1.03 bits per heavy atom. The number of benzene rings is 2. The molecule has 8 heteroatoms. The lowest BCUT2D eigenvalue weighted by atomic mass is 10.0. The molecule has 38 heavy (non-hydrogen) atoms. The molecular formula is C30H32N4O3S. The lowest BCUT2D eigenvalue weighted by Gasteiger charge is -2.35. The van der Waals surface area contributed by atoms with Gasteiger partial charge in [-0.15, -0.1) is 11.3 Å². The lowest BCUT2D eigenvalue weighted by Crippen LogP contribution is -2.49. The third-order valence-electron chi connectivity index (χ3n) is 7.28. The van der Waals surface area contributed by atoms with Gasteiger partial charge in [-0.25, -0.2) is 0 Å². The molecule has 0 spiro atoms. The van der Waals surface area contributed by atoms with Crippen molar-refractivity contribution in [3.63, 3.8) is 0 Å². The quantitative estimate of drug-likeness (QED) is 0.318. The van der Waals surface area contributed by atoms with Crippen molar-refractivity contribution in [2.75, 3.05) is 44.3 Å². The molecule has 2 fully saturated rings. The van der Waals surface area contributed by atoms with Crippen LogP contribution in [0, 0.1) is 0 Å². The molecule has 1 unspecified atom stereocenters. The van der Waals surface area contributed by atoms with Crippen LogP contribution in [0.5, 0.6) is 6.01 Å². The number of anilines is 1. The Hall–Kier alpha value is -3.49. The average molecular weight is 529 g/mol. The molecule has 6 rings (SSSR count). The smallest absolute Gasteiger partial charge is 0.319 e.